The molecule has 2 aromatic carbocycles. The zero-order chi connectivity index (χ0) is 21.7. The van der Waals surface area contributed by atoms with Crippen LogP contribution in [-0.4, -0.2) is 36.7 Å². The molecule has 30 heavy (non-hydrogen) atoms. The number of hydrogen-bond donors (Lipinski definition) is 2. The van der Waals surface area contributed by atoms with Gasteiger partial charge in [-0.1, -0.05) is 29.8 Å². The van der Waals surface area contributed by atoms with Gasteiger partial charge in [0.25, 0.3) is 0 Å². The Morgan fingerprint density at radius 3 is 2.50 bits per heavy atom. The van der Waals surface area contributed by atoms with Crippen LogP contribution in [0.5, 0.6) is 11.5 Å². The van der Waals surface area contributed by atoms with Crippen LogP contribution in [-0.2, 0) is 11.3 Å². The molecular formula is C23H28N2O5. The number of nitrogens with one attached hydrogen (secondary N) is 1. The van der Waals surface area contributed by atoms with Gasteiger partial charge in [0.15, 0.2) is 17.7 Å². The third kappa shape index (κ3) is 5.75. The molecule has 0 aliphatic carbocycles. The van der Waals surface area contributed by atoms with Gasteiger partial charge in [-0.05, 0) is 44.5 Å². The van der Waals surface area contributed by atoms with Crippen molar-refractivity contribution in [2.45, 2.75) is 39.2 Å². The number of anilines is 1. The maximum atomic E-state index is 12.6. The van der Waals surface area contributed by atoms with Gasteiger partial charge in [-0.25, -0.2) is 4.79 Å². The molecule has 1 aliphatic heterocycles. The highest BCUT2D eigenvalue weighted by Gasteiger charge is 2.23. The first kappa shape index (κ1) is 21.7. The maximum Gasteiger partial charge on any atom is 0.328 e. The van der Waals surface area contributed by atoms with Crippen molar-refractivity contribution in [1.82, 2.24) is 5.32 Å². The van der Waals surface area contributed by atoms with Gasteiger partial charge in [0.2, 0.25) is 0 Å². The van der Waals surface area contributed by atoms with E-state index in [2.05, 4.69) is 5.32 Å². The molecule has 0 saturated carbocycles. The number of carbonyl (C=O) groups is 1. The second-order valence-electron chi connectivity index (χ2n) is 7.81. The van der Waals surface area contributed by atoms with E-state index in [0.29, 0.717) is 23.8 Å². The molecular weight excluding hydrogens is 384 g/mol. The second kappa shape index (κ2) is 9.19. The average Bonchev–Trinajstić information content (AvgIpc) is 2.71. The van der Waals surface area contributed by atoms with Gasteiger partial charge < -0.3 is 24.6 Å². The van der Waals surface area contributed by atoms with Gasteiger partial charge in [0.05, 0.1) is 25.0 Å². The first-order valence-corrected chi connectivity index (χ1v) is 9.73. The summed E-state index contributed by atoms with van der Waals surface area (Å²) < 4.78 is 16.8. The minimum Gasteiger partial charge on any atom is -0.493 e. The highest BCUT2D eigenvalue weighted by atomic mass is 16.5. The average molecular weight is 412 g/mol. The molecule has 0 bridgehead atoms. The van der Waals surface area contributed by atoms with Crippen LogP contribution >= 0.6 is 0 Å². The lowest BCUT2D eigenvalue weighted by Crippen LogP contribution is -2.46. The van der Waals surface area contributed by atoms with Gasteiger partial charge in [0, 0.05) is 12.3 Å². The molecule has 7 nitrogen and oxygen atoms in total. The van der Waals surface area contributed by atoms with Crippen molar-refractivity contribution in [3.63, 3.8) is 0 Å². The predicted molar refractivity (Wildman–Crippen MR) is 115 cm³/mol. The van der Waals surface area contributed by atoms with Crippen LogP contribution < -0.4 is 19.7 Å². The molecule has 2 N–H and O–H groups in total. The second-order valence-corrected chi connectivity index (χ2v) is 7.81. The van der Waals surface area contributed by atoms with Gasteiger partial charge >= 0.3 is 6.03 Å². The molecule has 0 fully saturated rings. The van der Waals surface area contributed by atoms with E-state index < -0.39 is 11.8 Å². The lowest BCUT2D eigenvalue weighted by atomic mass is 10.1. The molecule has 160 valence electrons. The number of amides is 2. The Labute approximate surface area is 176 Å². The summed E-state index contributed by atoms with van der Waals surface area (Å²) in [6.45, 7) is 5.87. The van der Waals surface area contributed by atoms with Crippen molar-refractivity contribution >= 4 is 11.7 Å². The highest BCUT2D eigenvalue weighted by Crippen LogP contribution is 2.33. The van der Waals surface area contributed by atoms with Crippen molar-refractivity contribution < 1.29 is 24.1 Å². The molecule has 0 aromatic heterocycles. The van der Waals surface area contributed by atoms with Crippen molar-refractivity contribution in [2.75, 3.05) is 18.6 Å². The number of rotatable bonds is 8. The Morgan fingerprint density at radius 1 is 1.13 bits per heavy atom. The lowest BCUT2D eigenvalue weighted by molar-refractivity contribution is 0.0276. The molecule has 1 heterocycles. The summed E-state index contributed by atoms with van der Waals surface area (Å²) in [5, 5.41) is 12.7. The van der Waals surface area contributed by atoms with Gasteiger partial charge in [-0.15, -0.1) is 0 Å². The quantitative estimate of drug-likeness (QED) is 0.690. The Hall–Kier alpha value is -3.03. The van der Waals surface area contributed by atoms with Crippen molar-refractivity contribution in [3.05, 3.63) is 65.9 Å². The number of carbonyl (C=O) groups excluding carboxylic acids is 1. The summed E-state index contributed by atoms with van der Waals surface area (Å²) in [7, 11) is 1.52. The van der Waals surface area contributed by atoms with Crippen LogP contribution in [0.3, 0.4) is 0 Å². The molecule has 3 rings (SSSR count). The summed E-state index contributed by atoms with van der Waals surface area (Å²) >= 11 is 0. The highest BCUT2D eigenvalue weighted by molar-refractivity contribution is 5.95. The van der Waals surface area contributed by atoms with Crippen molar-refractivity contribution in [1.29, 1.82) is 0 Å². The number of aliphatic hydroxyl groups is 1. The molecule has 7 heteroatoms. The minimum atomic E-state index is -0.966. The molecule has 2 aromatic rings. The molecule has 2 amide bonds. The third-order valence-electron chi connectivity index (χ3n) is 4.45. The molecule has 1 unspecified atom stereocenters. The Kier molecular flexibility index (Phi) is 6.64. The van der Waals surface area contributed by atoms with Crippen LogP contribution in [0.25, 0.3) is 0 Å². The number of nitrogens with zero attached hydrogens (tertiary/aromatic N) is 1. The fraction of sp³-hybridized carbons (Fsp3) is 0.348. The molecule has 0 radical (unpaired) electrons. The fourth-order valence-electron chi connectivity index (χ4n) is 2.82. The Bertz CT molecular complexity index is 903. The van der Waals surface area contributed by atoms with E-state index in [9.17, 15) is 9.90 Å². The Morgan fingerprint density at radius 2 is 1.87 bits per heavy atom. The monoisotopic (exact) mass is 412 g/mol. The number of ether oxygens (including phenoxy) is 3. The van der Waals surface area contributed by atoms with E-state index in [1.165, 1.54) is 17.6 Å². The summed E-state index contributed by atoms with van der Waals surface area (Å²) in [6, 6.07) is 12.9. The van der Waals surface area contributed by atoms with Gasteiger partial charge in [-0.2, -0.15) is 0 Å². The molecule has 1 aliphatic rings. The van der Waals surface area contributed by atoms with E-state index in [1.807, 2.05) is 31.2 Å². The number of hydrogen-bond acceptors (Lipinski definition) is 5. The Balaban J connectivity index is 1.65. The molecule has 1 atom stereocenters. The minimum absolute atomic E-state index is 0.118. The molecule has 0 saturated heterocycles. The van der Waals surface area contributed by atoms with Crippen LogP contribution in [0.4, 0.5) is 10.5 Å². The van der Waals surface area contributed by atoms with E-state index in [0.717, 1.165) is 5.56 Å². The zero-order valence-electron chi connectivity index (χ0n) is 17.7. The predicted octanol–water partition coefficient (Wildman–Crippen LogP) is 3.74. The van der Waals surface area contributed by atoms with Crippen LogP contribution in [0.1, 0.15) is 25.0 Å². The smallest absolute Gasteiger partial charge is 0.328 e. The van der Waals surface area contributed by atoms with E-state index in [-0.39, 0.29) is 12.6 Å². The SMILES string of the molecule is COc1cc(N2C=CC(OCc3ccc(C)cc3)NC2=O)ccc1OCC(C)(C)O. The van der Waals surface area contributed by atoms with E-state index in [4.69, 9.17) is 14.2 Å². The topological polar surface area (TPSA) is 80.3 Å². The fourth-order valence-corrected chi connectivity index (χ4v) is 2.82. The number of urea groups is 1. The number of aryl methyl sites for hydroxylation is 1. The first-order chi connectivity index (χ1) is 14.2. The summed E-state index contributed by atoms with van der Waals surface area (Å²) in [5.41, 5.74) is 1.88. The van der Waals surface area contributed by atoms with Crippen molar-refractivity contribution in [3.8, 4) is 11.5 Å². The standard InChI is InChI=1S/C23H28N2O5/c1-16-5-7-17(8-6-16)14-29-21-11-12-25(22(26)24-21)18-9-10-19(20(13-18)28-4)30-15-23(2,3)27/h5-13,21,27H,14-15H2,1-4H3,(H,24,26). The molecule has 0 spiro atoms. The van der Waals surface area contributed by atoms with Crippen LogP contribution in [0.2, 0.25) is 0 Å². The first-order valence-electron chi connectivity index (χ1n) is 9.73. The zero-order valence-corrected chi connectivity index (χ0v) is 17.7. The number of benzene rings is 2. The third-order valence-corrected chi connectivity index (χ3v) is 4.45. The van der Waals surface area contributed by atoms with E-state index in [1.54, 1.807) is 44.3 Å². The largest absolute Gasteiger partial charge is 0.493 e. The van der Waals surface area contributed by atoms with Crippen LogP contribution in [0, 0.1) is 6.92 Å². The van der Waals surface area contributed by atoms with Crippen molar-refractivity contribution in [2.24, 2.45) is 0 Å². The van der Waals surface area contributed by atoms with Gasteiger partial charge in [-0.3, -0.25) is 4.90 Å². The normalized spacial score (nSPS) is 16.4. The van der Waals surface area contributed by atoms with Crippen LogP contribution in [0.15, 0.2) is 54.7 Å². The van der Waals surface area contributed by atoms with Gasteiger partial charge in [0.1, 0.15) is 6.61 Å². The lowest BCUT2D eigenvalue weighted by Gasteiger charge is -2.28. The summed E-state index contributed by atoms with van der Waals surface area (Å²) in [5.74, 6) is 0.958. The maximum absolute atomic E-state index is 12.6. The van der Waals surface area contributed by atoms with E-state index >= 15 is 0 Å². The summed E-state index contributed by atoms with van der Waals surface area (Å²) in [4.78, 5) is 14.0. The number of methoxy groups -OCH3 is 1. The summed E-state index contributed by atoms with van der Waals surface area (Å²) in [6.07, 6.45) is 2.94.